The average Bonchev–Trinajstić information content (AvgIpc) is 2.88. The number of ether oxygens (including phenoxy) is 1. The summed E-state index contributed by atoms with van der Waals surface area (Å²) in [6, 6.07) is 17.0. The molecular weight excluding hydrogens is 533 g/mol. The molecular formula is C28H27Cl2NO7. The summed E-state index contributed by atoms with van der Waals surface area (Å²) in [6.45, 7) is 1.67. The summed E-state index contributed by atoms with van der Waals surface area (Å²) >= 11 is 12.2. The third-order valence-electron chi connectivity index (χ3n) is 6.40. The van der Waals surface area contributed by atoms with Gasteiger partial charge < -0.3 is 19.8 Å². The zero-order valence-corrected chi connectivity index (χ0v) is 22.3. The van der Waals surface area contributed by atoms with Gasteiger partial charge in [0.05, 0.1) is 34.0 Å². The zero-order valence-electron chi connectivity index (χ0n) is 20.8. The standard InChI is InChI=1S/C28H27Cl2NO7/c1-16(31(2)25(32)14-21(27(35)36)15-26(33)34)24(12-17-7-10-22(29)23(30)11-17)38-28(37)20-9-8-18-5-3-4-6-19(18)13-20/h3-11,13,16,21,24H,12,14-15H2,1-2H3,(H,33,34)(H,35,36)/t16-,21-,24+/m0/s1. The molecule has 0 fully saturated rings. The molecule has 3 aromatic rings. The lowest BCUT2D eigenvalue weighted by Gasteiger charge is -2.32. The van der Waals surface area contributed by atoms with Crippen LogP contribution in [0.4, 0.5) is 0 Å². The van der Waals surface area contributed by atoms with Crippen molar-refractivity contribution in [3.05, 3.63) is 81.8 Å². The van der Waals surface area contributed by atoms with E-state index in [0.717, 1.165) is 10.8 Å². The van der Waals surface area contributed by atoms with Crippen LogP contribution in [0.2, 0.25) is 10.0 Å². The fraction of sp³-hybridized carbons (Fsp3) is 0.286. The van der Waals surface area contributed by atoms with Gasteiger partial charge in [0.2, 0.25) is 5.91 Å². The molecule has 0 saturated heterocycles. The molecule has 200 valence electrons. The maximum Gasteiger partial charge on any atom is 0.338 e. The molecule has 0 aliphatic carbocycles. The highest BCUT2D eigenvalue weighted by Gasteiger charge is 2.32. The maximum atomic E-state index is 13.2. The Morgan fingerprint density at radius 1 is 0.895 bits per heavy atom. The molecule has 0 bridgehead atoms. The predicted molar refractivity (Wildman–Crippen MR) is 144 cm³/mol. The maximum absolute atomic E-state index is 13.2. The van der Waals surface area contributed by atoms with Crippen LogP contribution in [0.1, 0.15) is 35.7 Å². The van der Waals surface area contributed by atoms with Crippen LogP contribution in [0.5, 0.6) is 0 Å². The van der Waals surface area contributed by atoms with Crippen LogP contribution in [0.15, 0.2) is 60.7 Å². The third-order valence-corrected chi connectivity index (χ3v) is 7.14. The van der Waals surface area contributed by atoms with E-state index in [1.165, 1.54) is 11.9 Å². The molecule has 0 aromatic heterocycles. The molecule has 0 aliphatic rings. The third kappa shape index (κ3) is 7.46. The Labute approximate surface area is 229 Å². The van der Waals surface area contributed by atoms with Gasteiger partial charge in [-0.25, -0.2) is 4.79 Å². The van der Waals surface area contributed by atoms with E-state index < -0.39 is 54.7 Å². The van der Waals surface area contributed by atoms with E-state index in [-0.39, 0.29) is 6.42 Å². The first-order chi connectivity index (χ1) is 18.0. The van der Waals surface area contributed by atoms with Gasteiger partial charge in [-0.15, -0.1) is 0 Å². The first kappa shape index (κ1) is 28.9. The molecule has 2 N–H and O–H groups in total. The number of carbonyl (C=O) groups is 4. The Morgan fingerprint density at radius 3 is 2.21 bits per heavy atom. The van der Waals surface area contributed by atoms with Crippen LogP contribution in [0, 0.1) is 5.92 Å². The minimum Gasteiger partial charge on any atom is -0.481 e. The number of hydrogen-bond donors (Lipinski definition) is 2. The van der Waals surface area contributed by atoms with Crippen LogP contribution in [0.3, 0.4) is 0 Å². The fourth-order valence-electron chi connectivity index (χ4n) is 4.02. The van der Waals surface area contributed by atoms with Crippen molar-refractivity contribution in [3.8, 4) is 0 Å². The van der Waals surface area contributed by atoms with Gasteiger partial charge in [-0.2, -0.15) is 0 Å². The molecule has 8 nitrogen and oxygen atoms in total. The number of carboxylic acid groups (broad SMARTS) is 2. The van der Waals surface area contributed by atoms with E-state index in [1.807, 2.05) is 30.3 Å². The van der Waals surface area contributed by atoms with Crippen LogP contribution in [-0.4, -0.2) is 58.1 Å². The summed E-state index contributed by atoms with van der Waals surface area (Å²) in [6.07, 6.45) is -1.86. The average molecular weight is 560 g/mol. The molecule has 1 amide bonds. The SMILES string of the molecule is C[C@@H]([C@@H](Cc1ccc(Cl)c(Cl)c1)OC(=O)c1ccc2ccccc2c1)N(C)C(=O)C[C@@H](CC(=O)O)C(=O)O. The lowest BCUT2D eigenvalue weighted by molar-refractivity contribution is -0.151. The Balaban J connectivity index is 1.85. The van der Waals surface area contributed by atoms with Crippen LogP contribution in [0.25, 0.3) is 10.8 Å². The minimum atomic E-state index is -1.39. The first-order valence-corrected chi connectivity index (χ1v) is 12.6. The number of rotatable bonds is 11. The largest absolute Gasteiger partial charge is 0.481 e. The predicted octanol–water partition coefficient (Wildman–Crippen LogP) is 5.33. The summed E-state index contributed by atoms with van der Waals surface area (Å²) in [4.78, 5) is 49.9. The van der Waals surface area contributed by atoms with Gasteiger partial charge in [-0.1, -0.05) is 59.6 Å². The summed E-state index contributed by atoms with van der Waals surface area (Å²) in [5.41, 5.74) is 1.04. The zero-order chi connectivity index (χ0) is 28.0. The number of benzene rings is 3. The molecule has 3 aromatic carbocycles. The molecule has 38 heavy (non-hydrogen) atoms. The van der Waals surface area contributed by atoms with Crippen molar-refractivity contribution in [2.24, 2.45) is 5.92 Å². The molecule has 10 heteroatoms. The quantitative estimate of drug-likeness (QED) is 0.304. The molecule has 0 spiro atoms. The van der Waals surface area contributed by atoms with E-state index in [4.69, 9.17) is 33.0 Å². The number of esters is 1. The highest BCUT2D eigenvalue weighted by atomic mass is 35.5. The lowest BCUT2D eigenvalue weighted by Crippen LogP contribution is -2.46. The number of aliphatic carboxylic acids is 2. The minimum absolute atomic E-state index is 0.187. The summed E-state index contributed by atoms with van der Waals surface area (Å²) in [7, 11) is 1.46. The topological polar surface area (TPSA) is 121 Å². The number of halogens is 2. The second kappa shape index (κ2) is 12.8. The van der Waals surface area contributed by atoms with E-state index >= 15 is 0 Å². The Bertz CT molecular complexity index is 1360. The molecule has 0 saturated carbocycles. The van der Waals surface area contributed by atoms with E-state index in [1.54, 1.807) is 37.3 Å². The van der Waals surface area contributed by atoms with Gasteiger partial charge >= 0.3 is 17.9 Å². The smallest absolute Gasteiger partial charge is 0.338 e. The molecule has 0 heterocycles. The Kier molecular flexibility index (Phi) is 9.72. The van der Waals surface area contributed by atoms with E-state index in [2.05, 4.69) is 0 Å². The van der Waals surface area contributed by atoms with Gasteiger partial charge in [0.25, 0.3) is 0 Å². The van der Waals surface area contributed by atoms with Gasteiger partial charge in [0, 0.05) is 19.9 Å². The van der Waals surface area contributed by atoms with E-state index in [9.17, 15) is 24.3 Å². The van der Waals surface area contributed by atoms with Crippen molar-refractivity contribution in [2.75, 3.05) is 7.05 Å². The lowest BCUT2D eigenvalue weighted by atomic mass is 9.98. The Morgan fingerprint density at radius 2 is 1.58 bits per heavy atom. The van der Waals surface area contributed by atoms with Crippen molar-refractivity contribution in [2.45, 2.75) is 38.3 Å². The highest BCUT2D eigenvalue weighted by molar-refractivity contribution is 6.42. The van der Waals surface area contributed by atoms with Gasteiger partial charge in [0.15, 0.2) is 0 Å². The summed E-state index contributed by atoms with van der Waals surface area (Å²) in [5, 5.41) is 20.8. The number of carboxylic acids is 2. The first-order valence-electron chi connectivity index (χ1n) is 11.8. The number of nitrogens with zero attached hydrogens (tertiary/aromatic N) is 1. The van der Waals surface area contributed by atoms with Crippen molar-refractivity contribution >= 4 is 57.8 Å². The number of amides is 1. The van der Waals surface area contributed by atoms with Gasteiger partial charge in [-0.3, -0.25) is 14.4 Å². The molecule has 3 rings (SSSR count). The van der Waals surface area contributed by atoms with Crippen LogP contribution in [-0.2, 0) is 25.5 Å². The van der Waals surface area contributed by atoms with E-state index in [0.29, 0.717) is 21.2 Å². The second-order valence-electron chi connectivity index (χ2n) is 9.04. The fourth-order valence-corrected chi connectivity index (χ4v) is 4.34. The molecule has 0 radical (unpaired) electrons. The van der Waals surface area contributed by atoms with Crippen LogP contribution >= 0.6 is 23.2 Å². The molecule has 0 unspecified atom stereocenters. The van der Waals surface area contributed by atoms with Crippen LogP contribution < -0.4 is 0 Å². The molecule has 3 atom stereocenters. The Hall–Kier alpha value is -3.62. The summed E-state index contributed by atoms with van der Waals surface area (Å²) < 4.78 is 5.89. The second-order valence-corrected chi connectivity index (χ2v) is 9.86. The highest BCUT2D eigenvalue weighted by Crippen LogP contribution is 2.25. The van der Waals surface area contributed by atoms with Crippen molar-refractivity contribution in [3.63, 3.8) is 0 Å². The normalized spacial score (nSPS) is 13.4. The number of fused-ring (bicyclic) bond motifs is 1. The number of hydrogen-bond acceptors (Lipinski definition) is 5. The monoisotopic (exact) mass is 559 g/mol. The van der Waals surface area contributed by atoms with Crippen molar-refractivity contribution in [1.82, 2.24) is 4.90 Å². The number of likely N-dealkylation sites (N-methyl/N-ethyl adjacent to an activating group) is 1. The molecule has 0 aliphatic heterocycles. The summed E-state index contributed by atoms with van der Waals surface area (Å²) in [5.74, 6) is -5.27. The van der Waals surface area contributed by atoms with Crippen molar-refractivity contribution in [1.29, 1.82) is 0 Å². The van der Waals surface area contributed by atoms with Gasteiger partial charge in [-0.05, 0) is 47.5 Å². The van der Waals surface area contributed by atoms with Crippen molar-refractivity contribution < 1.29 is 34.1 Å². The van der Waals surface area contributed by atoms with Gasteiger partial charge in [0.1, 0.15) is 6.10 Å². The number of carbonyl (C=O) groups excluding carboxylic acids is 2.